The highest BCUT2D eigenvalue weighted by molar-refractivity contribution is 5.92. The molecule has 0 amide bonds. The van der Waals surface area contributed by atoms with Crippen LogP contribution in [0.5, 0.6) is 0 Å². The monoisotopic (exact) mass is 321 g/mol. The maximum atomic E-state index is 12.2. The van der Waals surface area contributed by atoms with Crippen LogP contribution in [-0.2, 0) is 14.3 Å². The molecule has 1 aromatic rings. The van der Waals surface area contributed by atoms with E-state index in [9.17, 15) is 9.59 Å². The Balaban J connectivity index is 2.01. The number of carbonyl (C=O) groups excluding carboxylic acids is 2. The Morgan fingerprint density at radius 2 is 2.00 bits per heavy atom. The first-order valence-electron chi connectivity index (χ1n) is 7.78. The summed E-state index contributed by atoms with van der Waals surface area (Å²) in [4.78, 5) is 32.4. The van der Waals surface area contributed by atoms with Gasteiger partial charge in [-0.25, -0.2) is 14.6 Å². The SMILES string of the molecule is CCOC(=O)[C@H](C)OC(=O)c1ccnc(N2CCN(C)CC2)c1. The third-order valence-electron chi connectivity index (χ3n) is 3.71. The van der Waals surface area contributed by atoms with Gasteiger partial charge >= 0.3 is 11.9 Å². The predicted octanol–water partition coefficient (Wildman–Crippen LogP) is 0.942. The number of carbonyl (C=O) groups is 2. The molecule has 1 saturated heterocycles. The molecule has 1 aromatic heterocycles. The lowest BCUT2D eigenvalue weighted by molar-refractivity contribution is -0.152. The second kappa shape index (κ2) is 7.92. The van der Waals surface area contributed by atoms with Gasteiger partial charge in [-0.2, -0.15) is 0 Å². The summed E-state index contributed by atoms with van der Waals surface area (Å²) in [7, 11) is 2.08. The van der Waals surface area contributed by atoms with Gasteiger partial charge in [-0.3, -0.25) is 0 Å². The molecule has 2 heterocycles. The number of esters is 2. The second-order valence-electron chi connectivity index (χ2n) is 5.49. The summed E-state index contributed by atoms with van der Waals surface area (Å²) in [5, 5.41) is 0. The summed E-state index contributed by atoms with van der Waals surface area (Å²) in [5.74, 6) is -0.353. The standard InChI is InChI=1S/C16H23N3O4/c1-4-22-15(20)12(2)23-16(21)13-5-6-17-14(11-13)19-9-7-18(3)8-10-19/h5-6,11-12H,4,7-10H2,1-3H3/t12-/m0/s1. The van der Waals surface area contributed by atoms with Crippen LogP contribution in [0.25, 0.3) is 0 Å². The number of rotatable bonds is 5. The molecule has 0 aromatic carbocycles. The number of pyridine rings is 1. The smallest absolute Gasteiger partial charge is 0.347 e. The first-order valence-corrected chi connectivity index (χ1v) is 7.78. The van der Waals surface area contributed by atoms with Crippen molar-refractivity contribution in [3.8, 4) is 0 Å². The van der Waals surface area contributed by atoms with Crippen LogP contribution in [0.3, 0.4) is 0 Å². The molecule has 1 aliphatic heterocycles. The first kappa shape index (κ1) is 17.2. The van der Waals surface area contributed by atoms with E-state index in [4.69, 9.17) is 9.47 Å². The minimum absolute atomic E-state index is 0.254. The molecule has 0 saturated carbocycles. The lowest BCUT2D eigenvalue weighted by atomic mass is 10.2. The Kier molecular flexibility index (Phi) is 5.92. The molecular weight excluding hydrogens is 298 g/mol. The van der Waals surface area contributed by atoms with Crippen LogP contribution < -0.4 is 4.90 Å². The molecule has 0 N–H and O–H groups in total. The Labute approximate surface area is 136 Å². The van der Waals surface area contributed by atoms with E-state index in [1.165, 1.54) is 6.92 Å². The Morgan fingerprint density at radius 1 is 1.30 bits per heavy atom. The lowest BCUT2D eigenvalue weighted by Gasteiger charge is -2.33. The molecule has 23 heavy (non-hydrogen) atoms. The van der Waals surface area contributed by atoms with Crippen LogP contribution in [-0.4, -0.2) is 67.8 Å². The van der Waals surface area contributed by atoms with Crippen molar-refractivity contribution in [2.45, 2.75) is 20.0 Å². The van der Waals surface area contributed by atoms with Crippen LogP contribution in [0.4, 0.5) is 5.82 Å². The predicted molar refractivity (Wildman–Crippen MR) is 85.5 cm³/mol. The topological polar surface area (TPSA) is 72.0 Å². The maximum Gasteiger partial charge on any atom is 0.347 e. The fourth-order valence-electron chi connectivity index (χ4n) is 2.29. The van der Waals surface area contributed by atoms with Gasteiger partial charge in [0.1, 0.15) is 5.82 Å². The summed E-state index contributed by atoms with van der Waals surface area (Å²) in [6.45, 7) is 7.09. The molecule has 126 valence electrons. The van der Waals surface area contributed by atoms with Crippen LogP contribution in [0.15, 0.2) is 18.3 Å². The van der Waals surface area contributed by atoms with Crippen molar-refractivity contribution < 1.29 is 19.1 Å². The van der Waals surface area contributed by atoms with Gasteiger partial charge in [0.2, 0.25) is 0 Å². The molecule has 0 radical (unpaired) electrons. The quantitative estimate of drug-likeness (QED) is 0.747. The highest BCUT2D eigenvalue weighted by Gasteiger charge is 2.21. The molecule has 2 rings (SSSR count). The number of hydrogen-bond donors (Lipinski definition) is 0. The van der Waals surface area contributed by atoms with Crippen molar-refractivity contribution in [2.75, 3.05) is 44.7 Å². The summed E-state index contributed by atoms with van der Waals surface area (Å²) >= 11 is 0. The van der Waals surface area contributed by atoms with Gasteiger partial charge in [0.25, 0.3) is 0 Å². The maximum absolute atomic E-state index is 12.2. The minimum atomic E-state index is -0.928. The van der Waals surface area contributed by atoms with Crippen LogP contribution in [0.2, 0.25) is 0 Å². The number of aromatic nitrogens is 1. The molecule has 1 atom stereocenters. The molecule has 0 aliphatic carbocycles. The van der Waals surface area contributed by atoms with Gasteiger partial charge in [-0.1, -0.05) is 0 Å². The van der Waals surface area contributed by atoms with E-state index in [0.29, 0.717) is 5.56 Å². The van der Waals surface area contributed by atoms with Crippen molar-refractivity contribution in [1.82, 2.24) is 9.88 Å². The average molecular weight is 321 g/mol. The van der Waals surface area contributed by atoms with Crippen molar-refractivity contribution in [1.29, 1.82) is 0 Å². The molecule has 0 spiro atoms. The molecule has 7 nitrogen and oxygen atoms in total. The van der Waals surface area contributed by atoms with Crippen LogP contribution in [0, 0.1) is 0 Å². The molecule has 0 unspecified atom stereocenters. The fraction of sp³-hybridized carbons (Fsp3) is 0.562. The summed E-state index contributed by atoms with van der Waals surface area (Å²) in [5.41, 5.74) is 0.380. The number of nitrogens with zero attached hydrogens (tertiary/aromatic N) is 3. The first-order chi connectivity index (χ1) is 11.0. The van der Waals surface area contributed by atoms with Gasteiger partial charge in [0.05, 0.1) is 12.2 Å². The van der Waals surface area contributed by atoms with Gasteiger partial charge < -0.3 is 19.3 Å². The van der Waals surface area contributed by atoms with Gasteiger partial charge in [0, 0.05) is 32.4 Å². The van der Waals surface area contributed by atoms with Gasteiger partial charge in [-0.05, 0) is 33.0 Å². The Morgan fingerprint density at radius 3 is 2.65 bits per heavy atom. The molecule has 0 bridgehead atoms. The van der Waals surface area contributed by atoms with Gasteiger partial charge in [-0.15, -0.1) is 0 Å². The molecule has 1 aliphatic rings. The van der Waals surface area contributed by atoms with Crippen molar-refractivity contribution >= 4 is 17.8 Å². The Bertz CT molecular complexity index is 556. The molecule has 7 heteroatoms. The number of likely N-dealkylation sites (N-methyl/N-ethyl adjacent to an activating group) is 1. The number of ether oxygens (including phenoxy) is 2. The fourth-order valence-corrected chi connectivity index (χ4v) is 2.29. The van der Waals surface area contributed by atoms with E-state index in [2.05, 4.69) is 21.8 Å². The molecular formula is C16H23N3O4. The average Bonchev–Trinajstić information content (AvgIpc) is 2.55. The van der Waals surface area contributed by atoms with E-state index in [1.54, 1.807) is 25.3 Å². The van der Waals surface area contributed by atoms with Crippen LogP contribution in [0.1, 0.15) is 24.2 Å². The summed E-state index contributed by atoms with van der Waals surface area (Å²) in [6.07, 6.45) is 0.655. The summed E-state index contributed by atoms with van der Waals surface area (Å²) in [6, 6.07) is 3.28. The number of anilines is 1. The zero-order valence-corrected chi connectivity index (χ0v) is 13.8. The number of piperazine rings is 1. The molecule has 1 fully saturated rings. The minimum Gasteiger partial charge on any atom is -0.463 e. The van der Waals surface area contributed by atoms with E-state index < -0.39 is 18.0 Å². The third-order valence-corrected chi connectivity index (χ3v) is 3.71. The van der Waals surface area contributed by atoms with Crippen LogP contribution >= 0.6 is 0 Å². The third kappa shape index (κ3) is 4.66. The van der Waals surface area contributed by atoms with E-state index in [1.807, 2.05) is 0 Å². The highest BCUT2D eigenvalue weighted by Crippen LogP contribution is 2.16. The normalized spacial score (nSPS) is 16.7. The lowest BCUT2D eigenvalue weighted by Crippen LogP contribution is -2.44. The Hall–Kier alpha value is -2.15. The van der Waals surface area contributed by atoms with Crippen molar-refractivity contribution in [2.24, 2.45) is 0 Å². The van der Waals surface area contributed by atoms with Crippen molar-refractivity contribution in [3.63, 3.8) is 0 Å². The van der Waals surface area contributed by atoms with Gasteiger partial charge in [0.15, 0.2) is 6.10 Å². The van der Waals surface area contributed by atoms with E-state index >= 15 is 0 Å². The summed E-state index contributed by atoms with van der Waals surface area (Å²) < 4.78 is 9.97. The largest absolute Gasteiger partial charge is 0.463 e. The zero-order chi connectivity index (χ0) is 16.8. The number of hydrogen-bond acceptors (Lipinski definition) is 7. The van der Waals surface area contributed by atoms with E-state index in [0.717, 1.165) is 32.0 Å². The zero-order valence-electron chi connectivity index (χ0n) is 13.8. The van der Waals surface area contributed by atoms with E-state index in [-0.39, 0.29) is 6.61 Å². The second-order valence-corrected chi connectivity index (χ2v) is 5.49. The highest BCUT2D eigenvalue weighted by atomic mass is 16.6. The van der Waals surface area contributed by atoms with Crippen molar-refractivity contribution in [3.05, 3.63) is 23.9 Å².